The van der Waals surface area contributed by atoms with Gasteiger partial charge in [-0.2, -0.15) is 0 Å². The SMILES string of the molecule is O=C1NC(=O)C(=Cc2ccc3c(c2)CCC(Cc2ccccc2)C3)S1. The Bertz CT molecular complexity index is 857. The van der Waals surface area contributed by atoms with Crippen LogP contribution in [0, 0.1) is 5.92 Å². The number of aryl methyl sites for hydroxylation is 1. The minimum atomic E-state index is -0.296. The number of amides is 2. The standard InChI is InChI=1S/C21H19NO2S/c23-20-19(25-21(24)22-20)13-16-7-9-17-11-15(6-8-18(17)12-16)10-14-4-2-1-3-5-14/h1-5,7,9,12-13,15H,6,8,10-11H2,(H,22,23,24). The van der Waals surface area contributed by atoms with E-state index in [1.165, 1.54) is 23.1 Å². The zero-order valence-corrected chi connectivity index (χ0v) is 14.6. The fourth-order valence-electron chi connectivity index (χ4n) is 3.63. The zero-order valence-electron chi connectivity index (χ0n) is 13.8. The number of imide groups is 1. The van der Waals surface area contributed by atoms with Crippen molar-refractivity contribution >= 4 is 29.0 Å². The molecule has 1 aliphatic heterocycles. The molecule has 3 nitrogen and oxygen atoms in total. The van der Waals surface area contributed by atoms with Gasteiger partial charge in [0.1, 0.15) is 0 Å². The minimum absolute atomic E-state index is 0.294. The molecule has 2 aromatic carbocycles. The Morgan fingerprint density at radius 3 is 2.68 bits per heavy atom. The predicted molar refractivity (Wildman–Crippen MR) is 101 cm³/mol. The van der Waals surface area contributed by atoms with Crippen LogP contribution in [0.4, 0.5) is 4.79 Å². The fraction of sp³-hybridized carbons (Fsp3) is 0.238. The van der Waals surface area contributed by atoms with Crippen molar-refractivity contribution in [3.05, 3.63) is 75.7 Å². The maximum Gasteiger partial charge on any atom is 0.290 e. The van der Waals surface area contributed by atoms with Crippen LogP contribution in [-0.2, 0) is 24.1 Å². The molecule has 2 amide bonds. The van der Waals surface area contributed by atoms with Gasteiger partial charge in [-0.3, -0.25) is 14.9 Å². The summed E-state index contributed by atoms with van der Waals surface area (Å²) in [5.41, 5.74) is 5.18. The number of rotatable bonds is 3. The van der Waals surface area contributed by atoms with Gasteiger partial charge in [-0.15, -0.1) is 0 Å². The molecule has 1 heterocycles. The lowest BCUT2D eigenvalue weighted by Crippen LogP contribution is -2.18. The number of benzene rings is 2. The van der Waals surface area contributed by atoms with Gasteiger partial charge >= 0.3 is 0 Å². The first-order valence-electron chi connectivity index (χ1n) is 8.58. The molecule has 0 radical (unpaired) electrons. The highest BCUT2D eigenvalue weighted by Crippen LogP contribution is 2.31. The van der Waals surface area contributed by atoms with E-state index in [2.05, 4.69) is 47.8 Å². The van der Waals surface area contributed by atoms with Crippen LogP contribution >= 0.6 is 11.8 Å². The lowest BCUT2D eigenvalue weighted by Gasteiger charge is -2.25. The molecule has 0 spiro atoms. The van der Waals surface area contributed by atoms with Crippen molar-refractivity contribution in [2.75, 3.05) is 0 Å². The minimum Gasteiger partial charge on any atom is -0.282 e. The summed E-state index contributed by atoms with van der Waals surface area (Å²) in [7, 11) is 0. The summed E-state index contributed by atoms with van der Waals surface area (Å²) in [5, 5.41) is 2.00. The number of hydrogen-bond donors (Lipinski definition) is 1. The van der Waals surface area contributed by atoms with Crippen molar-refractivity contribution in [1.29, 1.82) is 0 Å². The van der Waals surface area contributed by atoms with Crippen molar-refractivity contribution in [1.82, 2.24) is 5.32 Å². The van der Waals surface area contributed by atoms with Crippen LogP contribution in [0.25, 0.3) is 6.08 Å². The molecule has 0 bridgehead atoms. The second-order valence-electron chi connectivity index (χ2n) is 6.68. The molecule has 0 aromatic heterocycles. The highest BCUT2D eigenvalue weighted by atomic mass is 32.2. The van der Waals surface area contributed by atoms with Crippen LogP contribution in [0.15, 0.2) is 53.4 Å². The third kappa shape index (κ3) is 3.69. The highest BCUT2D eigenvalue weighted by molar-refractivity contribution is 8.18. The molecule has 1 atom stereocenters. The van der Waals surface area contributed by atoms with E-state index in [0.29, 0.717) is 10.8 Å². The first-order valence-corrected chi connectivity index (χ1v) is 9.39. The average Bonchev–Trinajstić information content (AvgIpc) is 2.93. The lowest BCUT2D eigenvalue weighted by molar-refractivity contribution is -0.115. The van der Waals surface area contributed by atoms with Gasteiger partial charge in [-0.25, -0.2) is 0 Å². The Balaban J connectivity index is 1.49. The van der Waals surface area contributed by atoms with Crippen molar-refractivity contribution in [3.8, 4) is 0 Å². The van der Waals surface area contributed by atoms with Crippen molar-refractivity contribution in [3.63, 3.8) is 0 Å². The monoisotopic (exact) mass is 349 g/mol. The molecule has 1 saturated heterocycles. The van der Waals surface area contributed by atoms with Crippen LogP contribution < -0.4 is 5.32 Å². The van der Waals surface area contributed by atoms with E-state index < -0.39 is 0 Å². The van der Waals surface area contributed by atoms with Gasteiger partial charge in [0, 0.05) is 0 Å². The van der Waals surface area contributed by atoms with Gasteiger partial charge in [0.15, 0.2) is 0 Å². The van der Waals surface area contributed by atoms with Crippen LogP contribution in [0.3, 0.4) is 0 Å². The molecule has 1 unspecified atom stereocenters. The Morgan fingerprint density at radius 1 is 1.08 bits per heavy atom. The van der Waals surface area contributed by atoms with Gasteiger partial charge in [-0.05, 0) is 71.7 Å². The van der Waals surface area contributed by atoms with Crippen LogP contribution in [-0.4, -0.2) is 11.1 Å². The molecule has 1 N–H and O–H groups in total. The van der Waals surface area contributed by atoms with Gasteiger partial charge in [0.25, 0.3) is 11.1 Å². The third-order valence-electron chi connectivity index (χ3n) is 4.87. The number of nitrogens with one attached hydrogen (secondary N) is 1. The third-order valence-corrected chi connectivity index (χ3v) is 5.68. The van der Waals surface area contributed by atoms with Gasteiger partial charge < -0.3 is 0 Å². The number of carbonyl (C=O) groups is 2. The molecule has 2 aliphatic rings. The average molecular weight is 349 g/mol. The van der Waals surface area contributed by atoms with E-state index in [4.69, 9.17) is 0 Å². The zero-order chi connectivity index (χ0) is 17.2. The molecule has 25 heavy (non-hydrogen) atoms. The van der Waals surface area contributed by atoms with E-state index in [1.54, 1.807) is 6.08 Å². The summed E-state index contributed by atoms with van der Waals surface area (Å²) in [6, 6.07) is 17.1. The summed E-state index contributed by atoms with van der Waals surface area (Å²) in [6.45, 7) is 0. The van der Waals surface area contributed by atoms with Crippen LogP contribution in [0.2, 0.25) is 0 Å². The lowest BCUT2D eigenvalue weighted by atomic mass is 9.80. The van der Waals surface area contributed by atoms with Gasteiger partial charge in [0.2, 0.25) is 0 Å². The second-order valence-corrected chi connectivity index (χ2v) is 7.69. The number of hydrogen-bond acceptors (Lipinski definition) is 3. The summed E-state index contributed by atoms with van der Waals surface area (Å²) < 4.78 is 0. The normalized spacial score (nSPS) is 21.3. The molecule has 4 heteroatoms. The first kappa shape index (κ1) is 16.2. The van der Waals surface area contributed by atoms with E-state index >= 15 is 0 Å². The summed E-state index contributed by atoms with van der Waals surface area (Å²) >= 11 is 0.969. The fourth-order valence-corrected chi connectivity index (χ4v) is 4.32. The maximum absolute atomic E-state index is 11.7. The van der Waals surface area contributed by atoms with Crippen molar-refractivity contribution in [2.24, 2.45) is 5.92 Å². The maximum atomic E-state index is 11.7. The summed E-state index contributed by atoms with van der Waals surface area (Å²) in [5.74, 6) is 0.392. The number of fused-ring (bicyclic) bond motifs is 1. The van der Waals surface area contributed by atoms with Crippen molar-refractivity contribution in [2.45, 2.75) is 25.7 Å². The molecule has 2 aromatic rings. The second kappa shape index (κ2) is 6.89. The highest BCUT2D eigenvalue weighted by Gasteiger charge is 2.25. The van der Waals surface area contributed by atoms with E-state index in [9.17, 15) is 9.59 Å². The van der Waals surface area contributed by atoms with E-state index in [-0.39, 0.29) is 11.1 Å². The Hall–Kier alpha value is -2.33. The van der Waals surface area contributed by atoms with Crippen molar-refractivity contribution < 1.29 is 9.59 Å². The molecule has 1 aliphatic carbocycles. The largest absolute Gasteiger partial charge is 0.290 e. The Labute approximate surface area is 151 Å². The molecule has 1 fully saturated rings. The van der Waals surface area contributed by atoms with Gasteiger partial charge in [-0.1, -0.05) is 48.5 Å². The Morgan fingerprint density at radius 2 is 1.92 bits per heavy atom. The Kier molecular flexibility index (Phi) is 4.45. The van der Waals surface area contributed by atoms with Crippen LogP contribution in [0.1, 0.15) is 28.7 Å². The molecule has 0 saturated carbocycles. The molecule has 126 valence electrons. The smallest absolute Gasteiger partial charge is 0.282 e. The summed E-state index contributed by atoms with van der Waals surface area (Å²) in [4.78, 5) is 23.4. The van der Waals surface area contributed by atoms with E-state index in [0.717, 1.165) is 36.6 Å². The topological polar surface area (TPSA) is 46.2 Å². The molecule has 4 rings (SSSR count). The molecular weight excluding hydrogens is 330 g/mol. The van der Waals surface area contributed by atoms with E-state index in [1.807, 2.05) is 6.07 Å². The first-order chi connectivity index (χ1) is 12.2. The predicted octanol–water partition coefficient (Wildman–Crippen LogP) is 4.36. The summed E-state index contributed by atoms with van der Waals surface area (Å²) in [6.07, 6.45) is 6.30. The quantitative estimate of drug-likeness (QED) is 0.838. The number of thioether (sulfide) groups is 1. The number of carbonyl (C=O) groups excluding carboxylic acids is 2. The molecular formula is C21H19NO2S. The van der Waals surface area contributed by atoms with Gasteiger partial charge in [0.05, 0.1) is 4.91 Å². The van der Waals surface area contributed by atoms with Crippen LogP contribution in [0.5, 0.6) is 0 Å².